The van der Waals surface area contributed by atoms with Gasteiger partial charge in [-0.3, -0.25) is 0 Å². The van der Waals surface area contributed by atoms with Crippen LogP contribution in [0.4, 0.5) is 13.2 Å². The Morgan fingerprint density at radius 3 is 2.54 bits per heavy atom. The lowest BCUT2D eigenvalue weighted by Gasteiger charge is -2.08. The number of carboxylic acid groups (broad SMARTS) is 1. The van der Waals surface area contributed by atoms with Crippen LogP contribution in [0.2, 0.25) is 0 Å². The van der Waals surface area contributed by atoms with Gasteiger partial charge in [0.1, 0.15) is 0 Å². The third kappa shape index (κ3) is 7.92. The SMILES string of the molecule is C[C@H](OCCSC(F)(F)F)C(=O)O. The first kappa shape index (κ1) is 12.6. The molecule has 0 radical (unpaired) electrons. The summed E-state index contributed by atoms with van der Waals surface area (Å²) < 4.78 is 39.2. The van der Waals surface area contributed by atoms with Crippen molar-refractivity contribution in [3.63, 3.8) is 0 Å². The molecule has 1 atom stereocenters. The van der Waals surface area contributed by atoms with Crippen LogP contribution in [-0.2, 0) is 9.53 Å². The molecule has 0 aromatic rings. The van der Waals surface area contributed by atoms with Crippen molar-refractivity contribution < 1.29 is 27.8 Å². The first-order chi connectivity index (χ1) is 5.83. The molecule has 0 saturated carbocycles. The van der Waals surface area contributed by atoms with Crippen LogP contribution in [0.5, 0.6) is 0 Å². The van der Waals surface area contributed by atoms with Gasteiger partial charge in [0.25, 0.3) is 0 Å². The summed E-state index contributed by atoms with van der Waals surface area (Å²) in [6, 6.07) is 0. The maximum Gasteiger partial charge on any atom is 0.441 e. The highest BCUT2D eigenvalue weighted by Crippen LogP contribution is 2.29. The lowest BCUT2D eigenvalue weighted by atomic mass is 10.4. The van der Waals surface area contributed by atoms with Crippen molar-refractivity contribution >= 4 is 17.7 Å². The highest BCUT2D eigenvalue weighted by atomic mass is 32.2. The molecule has 0 heterocycles. The zero-order valence-corrected chi connectivity index (χ0v) is 7.61. The quantitative estimate of drug-likeness (QED) is 0.714. The zero-order valence-electron chi connectivity index (χ0n) is 6.80. The van der Waals surface area contributed by atoms with Crippen LogP contribution in [0.3, 0.4) is 0 Å². The Morgan fingerprint density at radius 1 is 1.62 bits per heavy atom. The van der Waals surface area contributed by atoms with E-state index in [9.17, 15) is 18.0 Å². The number of hydrogen-bond donors (Lipinski definition) is 1. The van der Waals surface area contributed by atoms with Gasteiger partial charge in [-0.1, -0.05) is 0 Å². The third-order valence-corrected chi connectivity index (χ3v) is 1.76. The molecule has 1 N–H and O–H groups in total. The molecule has 0 fully saturated rings. The van der Waals surface area contributed by atoms with Gasteiger partial charge in [0, 0.05) is 5.75 Å². The number of halogens is 3. The number of aliphatic carboxylic acids is 1. The van der Waals surface area contributed by atoms with Crippen molar-refractivity contribution in [1.29, 1.82) is 0 Å². The fourth-order valence-electron chi connectivity index (χ4n) is 0.454. The zero-order chi connectivity index (χ0) is 10.5. The number of rotatable bonds is 5. The molecule has 0 unspecified atom stereocenters. The van der Waals surface area contributed by atoms with Gasteiger partial charge in [-0.25, -0.2) is 4.79 Å². The highest BCUT2D eigenvalue weighted by molar-refractivity contribution is 8.00. The first-order valence-corrected chi connectivity index (χ1v) is 4.36. The Hall–Kier alpha value is -0.430. The van der Waals surface area contributed by atoms with Crippen LogP contribution in [0.25, 0.3) is 0 Å². The molecule has 0 rings (SSSR count). The van der Waals surface area contributed by atoms with E-state index in [2.05, 4.69) is 4.74 Å². The lowest BCUT2D eigenvalue weighted by Crippen LogP contribution is -2.21. The average Bonchev–Trinajstić information content (AvgIpc) is 1.95. The minimum Gasteiger partial charge on any atom is -0.479 e. The van der Waals surface area contributed by atoms with Gasteiger partial charge in [-0.15, -0.1) is 0 Å². The van der Waals surface area contributed by atoms with Crippen molar-refractivity contribution in [3.8, 4) is 0 Å². The van der Waals surface area contributed by atoms with Crippen LogP contribution in [0.1, 0.15) is 6.92 Å². The van der Waals surface area contributed by atoms with Gasteiger partial charge in [0.15, 0.2) is 6.10 Å². The third-order valence-electron chi connectivity index (χ3n) is 1.06. The molecule has 0 amide bonds. The second kappa shape index (κ2) is 5.33. The van der Waals surface area contributed by atoms with Gasteiger partial charge in [0.2, 0.25) is 0 Å². The number of alkyl halides is 3. The van der Waals surface area contributed by atoms with Crippen molar-refractivity contribution in [1.82, 2.24) is 0 Å². The van der Waals surface area contributed by atoms with E-state index in [1.165, 1.54) is 6.92 Å². The molecule has 78 valence electrons. The summed E-state index contributed by atoms with van der Waals surface area (Å²) in [7, 11) is 0. The molecule has 13 heavy (non-hydrogen) atoms. The van der Waals surface area contributed by atoms with E-state index in [1.807, 2.05) is 0 Å². The Balaban J connectivity index is 3.41. The van der Waals surface area contributed by atoms with Crippen molar-refractivity contribution in [3.05, 3.63) is 0 Å². The molecule has 0 aliphatic rings. The van der Waals surface area contributed by atoms with E-state index >= 15 is 0 Å². The fraction of sp³-hybridized carbons (Fsp3) is 0.833. The molecular formula is C6H9F3O3S. The molecule has 0 spiro atoms. The molecule has 0 aliphatic heterocycles. The van der Waals surface area contributed by atoms with Crippen LogP contribution >= 0.6 is 11.8 Å². The molecule has 0 saturated heterocycles. The lowest BCUT2D eigenvalue weighted by molar-refractivity contribution is -0.148. The minimum absolute atomic E-state index is 0.225. The summed E-state index contributed by atoms with van der Waals surface area (Å²) in [5, 5.41) is 8.29. The van der Waals surface area contributed by atoms with Crippen molar-refractivity contribution in [2.24, 2.45) is 0 Å². The number of carbonyl (C=O) groups is 1. The second-order valence-corrected chi connectivity index (χ2v) is 3.31. The smallest absolute Gasteiger partial charge is 0.441 e. The van der Waals surface area contributed by atoms with Crippen LogP contribution < -0.4 is 0 Å². The maximum absolute atomic E-state index is 11.5. The van der Waals surface area contributed by atoms with Crippen LogP contribution in [0.15, 0.2) is 0 Å². The standard InChI is InChI=1S/C6H9F3O3S/c1-4(5(10)11)12-2-3-13-6(7,8)9/h4H,2-3H2,1H3,(H,10,11)/t4-/m0/s1. The van der Waals surface area contributed by atoms with Gasteiger partial charge >= 0.3 is 11.5 Å². The summed E-state index contributed by atoms with van der Waals surface area (Å²) >= 11 is -0.231. The second-order valence-electron chi connectivity index (χ2n) is 2.15. The Kier molecular flexibility index (Phi) is 5.16. The topological polar surface area (TPSA) is 46.5 Å². The summed E-state index contributed by atoms with van der Waals surface area (Å²) in [5.74, 6) is -1.47. The summed E-state index contributed by atoms with van der Waals surface area (Å²) in [5.41, 5.74) is -4.28. The van der Waals surface area contributed by atoms with Gasteiger partial charge in [-0.2, -0.15) is 13.2 Å². The first-order valence-electron chi connectivity index (χ1n) is 3.38. The Bertz CT molecular complexity index is 171. The van der Waals surface area contributed by atoms with Crippen LogP contribution in [0, 0.1) is 0 Å². The molecule has 0 bridgehead atoms. The molecule has 0 aliphatic carbocycles. The average molecular weight is 218 g/mol. The van der Waals surface area contributed by atoms with E-state index in [4.69, 9.17) is 5.11 Å². The monoisotopic (exact) mass is 218 g/mol. The number of thioether (sulfide) groups is 1. The summed E-state index contributed by atoms with van der Waals surface area (Å²) in [6.45, 7) is 1.04. The number of ether oxygens (including phenoxy) is 1. The molecule has 0 aromatic carbocycles. The van der Waals surface area contributed by atoms with Gasteiger partial charge in [-0.05, 0) is 18.7 Å². The van der Waals surface area contributed by atoms with Crippen molar-refractivity contribution in [2.75, 3.05) is 12.4 Å². The molecule has 0 aromatic heterocycles. The fourth-order valence-corrected chi connectivity index (χ4v) is 0.865. The number of hydrogen-bond acceptors (Lipinski definition) is 3. The largest absolute Gasteiger partial charge is 0.479 e. The van der Waals surface area contributed by atoms with Gasteiger partial charge < -0.3 is 9.84 Å². The molecule has 7 heteroatoms. The van der Waals surface area contributed by atoms with Crippen molar-refractivity contribution in [2.45, 2.75) is 18.5 Å². The Labute approximate surface area is 77.3 Å². The summed E-state index contributed by atoms with van der Waals surface area (Å²) in [4.78, 5) is 10.1. The van der Waals surface area contributed by atoms with E-state index in [0.29, 0.717) is 0 Å². The van der Waals surface area contributed by atoms with Crippen LogP contribution in [-0.4, -0.2) is 35.0 Å². The minimum atomic E-state index is -4.28. The predicted molar refractivity (Wildman–Crippen MR) is 41.6 cm³/mol. The van der Waals surface area contributed by atoms with E-state index in [-0.39, 0.29) is 24.1 Å². The highest BCUT2D eigenvalue weighted by Gasteiger charge is 2.27. The predicted octanol–water partition coefficient (Wildman–Crippen LogP) is 1.73. The van der Waals surface area contributed by atoms with E-state index in [0.717, 1.165) is 0 Å². The van der Waals surface area contributed by atoms with E-state index < -0.39 is 17.6 Å². The summed E-state index contributed by atoms with van der Waals surface area (Å²) in [6.07, 6.45) is -1.06. The number of carboxylic acids is 1. The normalized spacial score (nSPS) is 14.2. The maximum atomic E-state index is 11.5. The van der Waals surface area contributed by atoms with E-state index in [1.54, 1.807) is 0 Å². The van der Waals surface area contributed by atoms with Gasteiger partial charge in [0.05, 0.1) is 6.61 Å². The molecule has 3 nitrogen and oxygen atoms in total. The Morgan fingerprint density at radius 2 is 2.15 bits per heavy atom. The molecular weight excluding hydrogens is 209 g/mol.